The van der Waals surface area contributed by atoms with Gasteiger partial charge in [0.1, 0.15) is 5.01 Å². The van der Waals surface area contributed by atoms with Gasteiger partial charge in [-0.2, -0.15) is 0 Å². The normalized spacial score (nSPS) is 10.5. The van der Waals surface area contributed by atoms with Crippen LogP contribution in [-0.4, -0.2) is 40.7 Å². The molecule has 0 aliphatic heterocycles. The van der Waals surface area contributed by atoms with Crippen LogP contribution >= 0.6 is 11.3 Å². The Kier molecular flexibility index (Phi) is 7.03. The van der Waals surface area contributed by atoms with Crippen LogP contribution in [0.3, 0.4) is 0 Å². The molecule has 0 aliphatic rings. The summed E-state index contributed by atoms with van der Waals surface area (Å²) in [4.78, 5) is 18.2. The van der Waals surface area contributed by atoms with E-state index in [1.807, 2.05) is 29.6 Å². The molecule has 2 rings (SSSR count). The Morgan fingerprint density at radius 1 is 1.26 bits per heavy atom. The van der Waals surface area contributed by atoms with Crippen molar-refractivity contribution in [2.45, 2.75) is 26.2 Å². The average Bonchev–Trinajstić information content (AvgIpc) is 3.09. The number of aliphatic hydroxyl groups excluding tert-OH is 1. The number of aliphatic hydroxyl groups is 1. The molecule has 124 valence electrons. The number of hydrogen-bond donors (Lipinski definition) is 2. The molecule has 1 heterocycles. The summed E-state index contributed by atoms with van der Waals surface area (Å²) in [6, 6.07) is 7.47. The number of carbonyl (C=O) groups excluding carboxylic acids is 1. The number of anilines is 1. The first-order valence-corrected chi connectivity index (χ1v) is 8.79. The molecule has 0 atom stereocenters. The lowest BCUT2D eigenvalue weighted by Gasteiger charge is -2.22. The Labute approximate surface area is 141 Å². The quantitative estimate of drug-likeness (QED) is 0.722. The third-order valence-corrected chi connectivity index (χ3v) is 4.33. The third kappa shape index (κ3) is 5.33. The summed E-state index contributed by atoms with van der Waals surface area (Å²) in [5.41, 5.74) is 1.78. The molecule has 2 N–H and O–H groups in total. The van der Waals surface area contributed by atoms with Crippen molar-refractivity contribution in [2.75, 3.05) is 25.0 Å². The molecule has 2 aromatic rings. The van der Waals surface area contributed by atoms with Gasteiger partial charge in [0.05, 0.1) is 6.61 Å². The number of thiazole rings is 1. The second-order valence-corrected chi connectivity index (χ2v) is 6.16. The number of amides is 2. The number of aromatic nitrogens is 1. The first kappa shape index (κ1) is 17.4. The highest BCUT2D eigenvalue weighted by Crippen LogP contribution is 2.23. The molecule has 0 saturated carbocycles. The summed E-state index contributed by atoms with van der Waals surface area (Å²) in [6.07, 6.45) is 4.91. The van der Waals surface area contributed by atoms with Crippen molar-refractivity contribution in [1.82, 2.24) is 9.88 Å². The highest BCUT2D eigenvalue weighted by atomic mass is 32.1. The van der Waals surface area contributed by atoms with Crippen molar-refractivity contribution < 1.29 is 9.90 Å². The molecule has 0 aliphatic carbocycles. The van der Waals surface area contributed by atoms with Gasteiger partial charge in [-0.05, 0) is 30.7 Å². The van der Waals surface area contributed by atoms with Gasteiger partial charge in [0.25, 0.3) is 0 Å². The van der Waals surface area contributed by atoms with Gasteiger partial charge in [-0.1, -0.05) is 19.8 Å². The molecule has 1 aromatic heterocycles. The second-order valence-electron chi connectivity index (χ2n) is 5.26. The molecule has 0 spiro atoms. The van der Waals surface area contributed by atoms with Crippen LogP contribution in [0.4, 0.5) is 10.5 Å². The minimum atomic E-state index is -0.169. The van der Waals surface area contributed by atoms with E-state index in [0.29, 0.717) is 13.1 Å². The minimum absolute atomic E-state index is 0.0253. The van der Waals surface area contributed by atoms with Crippen LogP contribution in [0.25, 0.3) is 10.6 Å². The molecule has 0 unspecified atom stereocenters. The number of nitrogens with one attached hydrogen (secondary N) is 1. The van der Waals surface area contributed by atoms with Crippen molar-refractivity contribution in [3.63, 3.8) is 0 Å². The SMILES string of the molecule is CCCCCN(CCO)C(=O)Nc1ccc(-c2nccs2)cc1. The van der Waals surface area contributed by atoms with Gasteiger partial charge in [0, 0.05) is 35.9 Å². The summed E-state index contributed by atoms with van der Waals surface area (Å²) in [6.45, 7) is 3.12. The van der Waals surface area contributed by atoms with Gasteiger partial charge in [0.2, 0.25) is 0 Å². The summed E-state index contributed by atoms with van der Waals surface area (Å²) in [7, 11) is 0. The number of carbonyl (C=O) groups is 1. The van der Waals surface area contributed by atoms with E-state index in [4.69, 9.17) is 5.11 Å². The van der Waals surface area contributed by atoms with Gasteiger partial charge in [-0.3, -0.25) is 0 Å². The first-order chi connectivity index (χ1) is 11.2. The minimum Gasteiger partial charge on any atom is -0.395 e. The zero-order valence-corrected chi connectivity index (χ0v) is 14.2. The number of hydrogen-bond acceptors (Lipinski definition) is 4. The van der Waals surface area contributed by atoms with Crippen LogP contribution in [-0.2, 0) is 0 Å². The van der Waals surface area contributed by atoms with Crippen molar-refractivity contribution in [3.8, 4) is 10.6 Å². The molecule has 0 radical (unpaired) electrons. The maximum Gasteiger partial charge on any atom is 0.321 e. The summed E-state index contributed by atoms with van der Waals surface area (Å²) in [5.74, 6) is 0. The maximum atomic E-state index is 12.3. The van der Waals surface area contributed by atoms with E-state index in [1.54, 1.807) is 22.4 Å². The molecule has 0 bridgehead atoms. The van der Waals surface area contributed by atoms with Crippen molar-refractivity contribution >= 4 is 23.1 Å². The van der Waals surface area contributed by atoms with Gasteiger partial charge in [0.15, 0.2) is 0 Å². The molecule has 0 saturated heterocycles. The molecule has 5 nitrogen and oxygen atoms in total. The monoisotopic (exact) mass is 333 g/mol. The highest BCUT2D eigenvalue weighted by molar-refractivity contribution is 7.13. The molecule has 23 heavy (non-hydrogen) atoms. The molecule has 6 heteroatoms. The summed E-state index contributed by atoms with van der Waals surface area (Å²) < 4.78 is 0. The Morgan fingerprint density at radius 2 is 2.04 bits per heavy atom. The van der Waals surface area contributed by atoms with E-state index >= 15 is 0 Å². The van der Waals surface area contributed by atoms with E-state index in [0.717, 1.165) is 35.5 Å². The van der Waals surface area contributed by atoms with Gasteiger partial charge in [-0.25, -0.2) is 9.78 Å². The average molecular weight is 333 g/mol. The predicted molar refractivity (Wildman–Crippen MR) is 94.8 cm³/mol. The second kappa shape index (κ2) is 9.27. The Morgan fingerprint density at radius 3 is 2.65 bits per heavy atom. The number of nitrogens with zero attached hydrogens (tertiary/aromatic N) is 2. The fourth-order valence-corrected chi connectivity index (χ4v) is 2.90. The Bertz CT molecular complexity index is 584. The number of rotatable bonds is 8. The van der Waals surface area contributed by atoms with E-state index in [9.17, 15) is 4.79 Å². The van der Waals surface area contributed by atoms with E-state index < -0.39 is 0 Å². The standard InChI is InChI=1S/C17H23N3O2S/c1-2-3-4-10-20(11-12-21)17(22)19-15-7-5-14(6-8-15)16-18-9-13-23-16/h5-9,13,21H,2-4,10-12H2,1H3,(H,19,22). The molecule has 1 aromatic carbocycles. The summed E-state index contributed by atoms with van der Waals surface area (Å²) in [5, 5.41) is 14.9. The van der Waals surface area contributed by atoms with Crippen LogP contribution in [0.5, 0.6) is 0 Å². The Hall–Kier alpha value is -1.92. The van der Waals surface area contributed by atoms with E-state index in [-0.39, 0.29) is 12.6 Å². The van der Waals surface area contributed by atoms with Crippen LogP contribution in [0.15, 0.2) is 35.8 Å². The summed E-state index contributed by atoms with van der Waals surface area (Å²) >= 11 is 1.58. The van der Waals surface area contributed by atoms with Crippen LogP contribution < -0.4 is 5.32 Å². The third-order valence-electron chi connectivity index (χ3n) is 3.50. The van der Waals surface area contributed by atoms with Crippen LogP contribution in [0.1, 0.15) is 26.2 Å². The topological polar surface area (TPSA) is 65.5 Å². The zero-order valence-electron chi connectivity index (χ0n) is 13.4. The van der Waals surface area contributed by atoms with Gasteiger partial charge in [-0.15, -0.1) is 11.3 Å². The fourth-order valence-electron chi connectivity index (χ4n) is 2.25. The number of benzene rings is 1. The van der Waals surface area contributed by atoms with Crippen LogP contribution in [0, 0.1) is 0 Å². The number of unbranched alkanes of at least 4 members (excludes halogenated alkanes) is 2. The van der Waals surface area contributed by atoms with E-state index in [2.05, 4.69) is 17.2 Å². The largest absolute Gasteiger partial charge is 0.395 e. The Balaban J connectivity index is 1.94. The number of urea groups is 1. The van der Waals surface area contributed by atoms with Gasteiger partial charge < -0.3 is 15.3 Å². The lowest BCUT2D eigenvalue weighted by molar-refractivity contribution is 0.187. The molecule has 0 fully saturated rings. The van der Waals surface area contributed by atoms with Crippen molar-refractivity contribution in [3.05, 3.63) is 35.8 Å². The predicted octanol–water partition coefficient (Wildman–Crippen LogP) is 3.83. The smallest absolute Gasteiger partial charge is 0.321 e. The van der Waals surface area contributed by atoms with Crippen molar-refractivity contribution in [1.29, 1.82) is 0 Å². The molecular formula is C17H23N3O2S. The molecular weight excluding hydrogens is 310 g/mol. The van der Waals surface area contributed by atoms with Gasteiger partial charge >= 0.3 is 6.03 Å². The fraction of sp³-hybridized carbons (Fsp3) is 0.412. The van der Waals surface area contributed by atoms with Crippen molar-refractivity contribution in [2.24, 2.45) is 0 Å². The zero-order chi connectivity index (χ0) is 16.5. The highest BCUT2D eigenvalue weighted by Gasteiger charge is 2.12. The van der Waals surface area contributed by atoms with E-state index in [1.165, 1.54) is 0 Å². The lowest BCUT2D eigenvalue weighted by Crippen LogP contribution is -2.37. The lowest BCUT2D eigenvalue weighted by atomic mass is 10.2. The van der Waals surface area contributed by atoms with Crippen LogP contribution in [0.2, 0.25) is 0 Å². The molecule has 2 amide bonds. The first-order valence-electron chi connectivity index (χ1n) is 7.91. The maximum absolute atomic E-state index is 12.3.